The standard InChI is InChI=1S/C14H18ClN5.C11H16.2CH2O/c1-9-13(8-17-11-4-5-11)18-19-20(9)14-7-10(15)3-6-12(14)16-2;1-9-5-7-10(8-6-9)11(2,3)4;2*1-2/h3,6-7,11,16-17H,4-5,8H2,1-2H3;5-8H,1-4H3;2*1H2. The van der Waals surface area contributed by atoms with E-state index in [1.54, 1.807) is 0 Å². The van der Waals surface area contributed by atoms with Crippen LogP contribution in [-0.4, -0.2) is 41.7 Å². The molecule has 1 saturated carbocycles. The normalized spacial score (nSPS) is 12.2. The Balaban J connectivity index is 0.000000347. The number of aryl methyl sites for hydroxylation is 1. The van der Waals surface area contributed by atoms with Crippen LogP contribution in [0.15, 0.2) is 42.5 Å². The molecule has 2 N–H and O–H groups in total. The molecule has 3 aromatic rings. The van der Waals surface area contributed by atoms with Crippen LogP contribution in [0.3, 0.4) is 0 Å². The third-order valence-corrected chi connectivity index (χ3v) is 5.74. The third-order valence-electron chi connectivity index (χ3n) is 5.50. The molecule has 0 atom stereocenters. The Labute approximate surface area is 214 Å². The van der Waals surface area contributed by atoms with E-state index in [4.69, 9.17) is 21.2 Å². The van der Waals surface area contributed by atoms with Crippen molar-refractivity contribution < 1.29 is 9.59 Å². The van der Waals surface area contributed by atoms with E-state index in [-0.39, 0.29) is 5.41 Å². The summed E-state index contributed by atoms with van der Waals surface area (Å²) in [6.07, 6.45) is 2.54. The number of aromatic nitrogens is 3. The summed E-state index contributed by atoms with van der Waals surface area (Å²) in [6.45, 7) is 15.6. The van der Waals surface area contributed by atoms with Gasteiger partial charge in [0.25, 0.3) is 0 Å². The Kier molecular flexibility index (Phi) is 12.3. The first-order chi connectivity index (χ1) is 16.7. The van der Waals surface area contributed by atoms with Crippen LogP contribution < -0.4 is 10.6 Å². The maximum Gasteiger partial charge on any atom is 0.106 e. The molecule has 1 heterocycles. The molecule has 0 bridgehead atoms. The van der Waals surface area contributed by atoms with Gasteiger partial charge in [0, 0.05) is 24.7 Å². The average Bonchev–Trinajstić information content (AvgIpc) is 3.61. The number of carbonyl (C=O) groups is 2. The zero-order valence-corrected chi connectivity index (χ0v) is 22.4. The largest absolute Gasteiger partial charge is 0.386 e. The van der Waals surface area contributed by atoms with E-state index in [2.05, 4.69) is 72.9 Å². The number of nitrogens with zero attached hydrogens (tertiary/aromatic N) is 3. The summed E-state index contributed by atoms with van der Waals surface area (Å²) < 4.78 is 1.83. The molecule has 1 aliphatic carbocycles. The first-order valence-corrected chi connectivity index (χ1v) is 11.8. The van der Waals surface area contributed by atoms with E-state index in [0.29, 0.717) is 11.1 Å². The number of anilines is 1. The minimum Gasteiger partial charge on any atom is -0.386 e. The fraction of sp³-hybridized carbons (Fsp3) is 0.407. The van der Waals surface area contributed by atoms with Gasteiger partial charge in [0.15, 0.2) is 0 Å². The molecule has 4 rings (SSSR count). The topological polar surface area (TPSA) is 88.9 Å². The Bertz CT molecular complexity index is 1040. The van der Waals surface area contributed by atoms with E-state index in [9.17, 15) is 0 Å². The van der Waals surface area contributed by atoms with Gasteiger partial charge in [-0.1, -0.05) is 67.4 Å². The molecule has 0 unspecified atom stereocenters. The molecule has 0 amide bonds. The molecular formula is C27H38ClN5O2. The quantitative estimate of drug-likeness (QED) is 0.485. The molecule has 35 heavy (non-hydrogen) atoms. The molecular weight excluding hydrogens is 462 g/mol. The molecule has 8 heteroatoms. The van der Waals surface area contributed by atoms with Gasteiger partial charge in [0.05, 0.1) is 22.8 Å². The van der Waals surface area contributed by atoms with Crippen LogP contribution in [0.4, 0.5) is 5.69 Å². The lowest BCUT2D eigenvalue weighted by Gasteiger charge is -2.18. The molecule has 1 aliphatic rings. The Morgan fingerprint density at radius 3 is 2.14 bits per heavy atom. The van der Waals surface area contributed by atoms with Crippen molar-refractivity contribution >= 4 is 30.9 Å². The Hall–Kier alpha value is -3.03. The van der Waals surface area contributed by atoms with E-state index in [1.165, 1.54) is 24.0 Å². The van der Waals surface area contributed by atoms with Crippen molar-refractivity contribution in [3.8, 4) is 5.69 Å². The van der Waals surface area contributed by atoms with Crippen molar-refractivity contribution in [1.29, 1.82) is 0 Å². The zero-order valence-electron chi connectivity index (χ0n) is 21.7. The highest BCUT2D eigenvalue weighted by Crippen LogP contribution is 2.26. The highest BCUT2D eigenvalue weighted by molar-refractivity contribution is 6.30. The second-order valence-corrected chi connectivity index (χ2v) is 9.65. The summed E-state index contributed by atoms with van der Waals surface area (Å²) in [6, 6.07) is 15.1. The van der Waals surface area contributed by atoms with Crippen LogP contribution in [0.2, 0.25) is 5.02 Å². The minimum atomic E-state index is 0.285. The maximum atomic E-state index is 8.00. The second kappa shape index (κ2) is 14.4. The van der Waals surface area contributed by atoms with Gasteiger partial charge in [-0.25, -0.2) is 4.68 Å². The molecule has 0 radical (unpaired) electrons. The molecule has 1 fully saturated rings. The van der Waals surface area contributed by atoms with E-state index in [1.807, 2.05) is 50.4 Å². The van der Waals surface area contributed by atoms with Gasteiger partial charge < -0.3 is 20.2 Å². The molecule has 1 aromatic heterocycles. The lowest BCUT2D eigenvalue weighted by atomic mass is 9.87. The molecule has 190 valence electrons. The summed E-state index contributed by atoms with van der Waals surface area (Å²) in [5.41, 5.74) is 6.94. The lowest BCUT2D eigenvalue weighted by Crippen LogP contribution is -2.16. The summed E-state index contributed by atoms with van der Waals surface area (Å²) >= 11 is 6.09. The number of halogens is 1. The van der Waals surface area contributed by atoms with Crippen LogP contribution in [0.1, 0.15) is 56.1 Å². The minimum absolute atomic E-state index is 0.285. The molecule has 7 nitrogen and oxygen atoms in total. The monoisotopic (exact) mass is 499 g/mol. The SMILES string of the molecule is C=O.C=O.CNc1ccc(Cl)cc1-n1nnc(CNC2CC2)c1C.Cc1ccc(C(C)(C)C)cc1. The number of hydrogen-bond donors (Lipinski definition) is 2. The van der Waals surface area contributed by atoms with Gasteiger partial charge in [0.2, 0.25) is 0 Å². The van der Waals surface area contributed by atoms with Crippen LogP contribution in [0, 0.1) is 13.8 Å². The summed E-state index contributed by atoms with van der Waals surface area (Å²) in [7, 11) is 1.88. The van der Waals surface area contributed by atoms with Crippen LogP contribution in [-0.2, 0) is 21.5 Å². The molecule has 0 spiro atoms. The first-order valence-electron chi connectivity index (χ1n) is 11.5. The van der Waals surface area contributed by atoms with Crippen molar-refractivity contribution in [3.05, 3.63) is 70.0 Å². The number of hydrogen-bond acceptors (Lipinski definition) is 6. The van der Waals surface area contributed by atoms with Gasteiger partial charge in [-0.2, -0.15) is 0 Å². The maximum absolute atomic E-state index is 8.00. The number of nitrogens with one attached hydrogen (secondary N) is 2. The van der Waals surface area contributed by atoms with Crippen molar-refractivity contribution in [2.24, 2.45) is 0 Å². The first kappa shape index (κ1) is 30.0. The summed E-state index contributed by atoms with van der Waals surface area (Å²) in [5.74, 6) is 0. The van der Waals surface area contributed by atoms with E-state index >= 15 is 0 Å². The predicted molar refractivity (Wildman–Crippen MR) is 145 cm³/mol. The van der Waals surface area contributed by atoms with Crippen LogP contribution >= 0.6 is 11.6 Å². The summed E-state index contributed by atoms with van der Waals surface area (Å²) in [5, 5.41) is 15.8. The molecule has 0 aliphatic heterocycles. The van der Waals surface area contributed by atoms with Gasteiger partial charge >= 0.3 is 0 Å². The number of rotatable bonds is 5. The van der Waals surface area contributed by atoms with Gasteiger partial charge in [-0.15, -0.1) is 5.10 Å². The smallest absolute Gasteiger partial charge is 0.106 e. The van der Waals surface area contributed by atoms with Gasteiger partial charge in [-0.3, -0.25) is 0 Å². The fourth-order valence-electron chi connectivity index (χ4n) is 3.23. The highest BCUT2D eigenvalue weighted by atomic mass is 35.5. The van der Waals surface area contributed by atoms with E-state index in [0.717, 1.165) is 29.3 Å². The van der Waals surface area contributed by atoms with Crippen molar-refractivity contribution in [2.75, 3.05) is 12.4 Å². The van der Waals surface area contributed by atoms with Crippen LogP contribution in [0.25, 0.3) is 5.69 Å². The fourth-order valence-corrected chi connectivity index (χ4v) is 3.39. The molecule has 0 saturated heterocycles. The summed E-state index contributed by atoms with van der Waals surface area (Å²) in [4.78, 5) is 16.0. The zero-order chi connectivity index (χ0) is 26.6. The number of carbonyl (C=O) groups excluding carboxylic acids is 2. The van der Waals surface area contributed by atoms with Crippen molar-refractivity contribution in [1.82, 2.24) is 20.3 Å². The van der Waals surface area contributed by atoms with Gasteiger partial charge in [-0.05, 0) is 55.9 Å². The number of benzene rings is 2. The average molecular weight is 500 g/mol. The van der Waals surface area contributed by atoms with Crippen LogP contribution in [0.5, 0.6) is 0 Å². The molecule has 2 aromatic carbocycles. The lowest BCUT2D eigenvalue weighted by molar-refractivity contribution is -0.0987. The van der Waals surface area contributed by atoms with Gasteiger partial charge in [0.1, 0.15) is 13.6 Å². The van der Waals surface area contributed by atoms with Crippen molar-refractivity contribution in [3.63, 3.8) is 0 Å². The predicted octanol–water partition coefficient (Wildman–Crippen LogP) is 5.45. The van der Waals surface area contributed by atoms with E-state index < -0.39 is 0 Å². The Morgan fingerprint density at radius 2 is 1.63 bits per heavy atom. The van der Waals surface area contributed by atoms with Crippen molar-refractivity contribution in [2.45, 2.75) is 65.5 Å². The Morgan fingerprint density at radius 1 is 1.03 bits per heavy atom. The second-order valence-electron chi connectivity index (χ2n) is 9.22. The third kappa shape index (κ3) is 9.26. The highest BCUT2D eigenvalue weighted by Gasteiger charge is 2.21.